The zero-order chi connectivity index (χ0) is 26.3. The average molecular weight is 486 g/mol. The van der Waals surface area contributed by atoms with Crippen LogP contribution >= 0.6 is 0 Å². The van der Waals surface area contributed by atoms with Gasteiger partial charge in [-0.05, 0) is 71.6 Å². The summed E-state index contributed by atoms with van der Waals surface area (Å²) >= 11 is 0. The summed E-state index contributed by atoms with van der Waals surface area (Å²) in [7, 11) is 2.06. The van der Waals surface area contributed by atoms with Gasteiger partial charge in [-0.15, -0.1) is 0 Å². The lowest BCUT2D eigenvalue weighted by Crippen LogP contribution is -2.30. The molecular weight excluding hydrogens is 452 g/mol. The first-order valence-electron chi connectivity index (χ1n) is 13.0. The largest absolute Gasteiger partial charge is 0.454 e. The van der Waals surface area contributed by atoms with E-state index in [9.17, 15) is 5.26 Å². The van der Waals surface area contributed by atoms with Gasteiger partial charge in [-0.3, -0.25) is 0 Å². The highest BCUT2D eigenvalue weighted by molar-refractivity contribution is 6.14. The predicted molar refractivity (Wildman–Crippen MR) is 151 cm³/mol. The van der Waals surface area contributed by atoms with Crippen molar-refractivity contribution in [1.82, 2.24) is 0 Å². The number of fused-ring (bicyclic) bond motifs is 4. The zero-order valence-corrected chi connectivity index (χ0v) is 22.8. The number of benzene rings is 3. The van der Waals surface area contributed by atoms with Crippen LogP contribution in [0, 0.1) is 25.2 Å². The minimum atomic E-state index is -0.0116. The van der Waals surface area contributed by atoms with E-state index in [1.807, 2.05) is 12.1 Å². The molecule has 2 aromatic heterocycles. The lowest BCUT2D eigenvalue weighted by Gasteiger charge is -2.24. The highest BCUT2D eigenvalue weighted by Crippen LogP contribution is 2.54. The van der Waals surface area contributed by atoms with E-state index in [1.54, 1.807) is 0 Å². The van der Waals surface area contributed by atoms with Crippen LogP contribution in [0.15, 0.2) is 65.2 Å². The monoisotopic (exact) mass is 485 g/mol. The van der Waals surface area contributed by atoms with Gasteiger partial charge in [0.2, 0.25) is 5.69 Å². The van der Waals surface area contributed by atoms with Crippen LogP contribution in [0.2, 0.25) is 0 Å². The molecule has 3 nitrogen and oxygen atoms in total. The van der Waals surface area contributed by atoms with E-state index in [0.717, 1.165) is 56.3 Å². The maximum atomic E-state index is 10.3. The molecule has 0 bridgehead atoms. The van der Waals surface area contributed by atoms with Gasteiger partial charge in [0.25, 0.3) is 0 Å². The molecule has 1 aliphatic rings. The Morgan fingerprint density at radius 1 is 0.865 bits per heavy atom. The third-order valence-corrected chi connectivity index (χ3v) is 8.29. The molecule has 2 heterocycles. The van der Waals surface area contributed by atoms with Gasteiger partial charge in [0.15, 0.2) is 6.20 Å². The van der Waals surface area contributed by atoms with Crippen LogP contribution in [-0.4, -0.2) is 0 Å². The molecule has 0 fully saturated rings. The standard InChI is InChI=1S/C34H33N2O/c1-20-16-25(30-26(17-20)33(3,4)19-34(30,5)6)29-22(18-35)12-14-24-23-13-11-21(2)28(31(23)37-32(24)29)27-10-8-9-15-36(27)7/h8-17H,19H2,1-7H3/q+1. The Labute approximate surface area is 219 Å². The van der Waals surface area contributed by atoms with Gasteiger partial charge in [-0.25, -0.2) is 4.57 Å². The molecule has 6 rings (SSSR count). The van der Waals surface area contributed by atoms with Crippen LogP contribution in [0.4, 0.5) is 0 Å². The third kappa shape index (κ3) is 3.36. The number of aryl methyl sites for hydroxylation is 3. The number of aromatic nitrogens is 1. The molecule has 0 spiro atoms. The number of pyridine rings is 1. The van der Waals surface area contributed by atoms with Crippen molar-refractivity contribution in [2.45, 2.75) is 58.8 Å². The number of nitrogens with zero attached hydrogens (tertiary/aromatic N) is 2. The molecule has 0 N–H and O–H groups in total. The molecule has 3 heteroatoms. The van der Waals surface area contributed by atoms with Crippen molar-refractivity contribution >= 4 is 21.9 Å². The Morgan fingerprint density at radius 3 is 2.27 bits per heavy atom. The molecule has 5 aromatic rings. The fourth-order valence-electron chi connectivity index (χ4n) is 7.00. The summed E-state index contributed by atoms with van der Waals surface area (Å²) in [6.07, 6.45) is 3.13. The summed E-state index contributed by atoms with van der Waals surface area (Å²) in [5, 5.41) is 12.4. The van der Waals surface area contributed by atoms with E-state index in [4.69, 9.17) is 4.42 Å². The Balaban J connectivity index is 1.77. The quantitative estimate of drug-likeness (QED) is 0.237. The smallest absolute Gasteiger partial charge is 0.216 e. The van der Waals surface area contributed by atoms with Crippen molar-refractivity contribution in [3.63, 3.8) is 0 Å². The summed E-state index contributed by atoms with van der Waals surface area (Å²) in [6, 6.07) is 21.7. The molecule has 0 atom stereocenters. The van der Waals surface area contributed by atoms with E-state index in [-0.39, 0.29) is 10.8 Å². The van der Waals surface area contributed by atoms with Crippen molar-refractivity contribution in [3.8, 4) is 28.5 Å². The maximum Gasteiger partial charge on any atom is 0.216 e. The van der Waals surface area contributed by atoms with Gasteiger partial charge >= 0.3 is 0 Å². The molecule has 184 valence electrons. The fraction of sp³-hybridized carbons (Fsp3) is 0.294. The number of nitriles is 1. The van der Waals surface area contributed by atoms with Gasteiger partial charge < -0.3 is 4.42 Å². The number of furan rings is 1. The summed E-state index contributed by atoms with van der Waals surface area (Å²) in [5.41, 5.74) is 11.7. The Bertz CT molecular complexity index is 1790. The average Bonchev–Trinajstić information content (AvgIpc) is 3.29. The van der Waals surface area contributed by atoms with Crippen LogP contribution in [0.5, 0.6) is 0 Å². The molecule has 37 heavy (non-hydrogen) atoms. The third-order valence-electron chi connectivity index (χ3n) is 8.29. The molecule has 1 aliphatic carbocycles. The molecule has 0 unspecified atom stereocenters. The summed E-state index contributed by atoms with van der Waals surface area (Å²) in [6.45, 7) is 13.6. The predicted octanol–water partition coefficient (Wildman–Crippen LogP) is 8.19. The zero-order valence-electron chi connectivity index (χ0n) is 22.8. The highest BCUT2D eigenvalue weighted by atomic mass is 16.3. The van der Waals surface area contributed by atoms with Gasteiger partial charge in [-0.1, -0.05) is 57.5 Å². The van der Waals surface area contributed by atoms with Gasteiger partial charge in [0.05, 0.1) is 17.2 Å². The first-order chi connectivity index (χ1) is 17.5. The van der Waals surface area contributed by atoms with Crippen molar-refractivity contribution in [2.75, 3.05) is 0 Å². The lowest BCUT2D eigenvalue weighted by molar-refractivity contribution is -0.660. The number of hydrogen-bond acceptors (Lipinski definition) is 2. The van der Waals surface area contributed by atoms with E-state index < -0.39 is 0 Å². The van der Waals surface area contributed by atoms with Crippen LogP contribution in [0.25, 0.3) is 44.3 Å². The summed E-state index contributed by atoms with van der Waals surface area (Å²) in [4.78, 5) is 0. The molecule has 0 saturated heterocycles. The topological polar surface area (TPSA) is 40.8 Å². The number of rotatable bonds is 2. The second-order valence-electron chi connectivity index (χ2n) is 12.1. The first kappa shape index (κ1) is 23.5. The summed E-state index contributed by atoms with van der Waals surface area (Å²) in [5.74, 6) is 0. The van der Waals surface area contributed by atoms with Crippen LogP contribution in [-0.2, 0) is 17.9 Å². The van der Waals surface area contributed by atoms with Crippen molar-refractivity contribution in [2.24, 2.45) is 7.05 Å². The van der Waals surface area contributed by atoms with E-state index >= 15 is 0 Å². The highest BCUT2D eigenvalue weighted by Gasteiger charge is 2.44. The molecule has 0 saturated carbocycles. The van der Waals surface area contributed by atoms with Crippen molar-refractivity contribution in [3.05, 3.63) is 88.6 Å². The van der Waals surface area contributed by atoms with Crippen molar-refractivity contribution in [1.29, 1.82) is 5.26 Å². The molecule has 0 amide bonds. The molecule has 0 radical (unpaired) electrons. The molecule has 3 aromatic carbocycles. The first-order valence-corrected chi connectivity index (χ1v) is 13.0. The second-order valence-corrected chi connectivity index (χ2v) is 12.1. The normalized spacial score (nSPS) is 15.7. The van der Waals surface area contributed by atoms with Crippen LogP contribution < -0.4 is 4.57 Å². The number of hydrogen-bond donors (Lipinski definition) is 0. The summed E-state index contributed by atoms with van der Waals surface area (Å²) < 4.78 is 8.99. The van der Waals surface area contributed by atoms with E-state index in [1.165, 1.54) is 16.7 Å². The Kier molecular flexibility index (Phi) is 4.95. The lowest BCUT2D eigenvalue weighted by atomic mass is 9.79. The van der Waals surface area contributed by atoms with Crippen LogP contribution in [0.1, 0.15) is 61.9 Å². The maximum absolute atomic E-state index is 10.3. The minimum absolute atomic E-state index is 0.0116. The second kappa shape index (κ2) is 7.80. The minimum Gasteiger partial charge on any atom is -0.454 e. The Hall–Kier alpha value is -3.90. The molecular formula is C34H33N2O+. The SMILES string of the molecule is Cc1cc(-c2c(C#N)ccc3c2oc2c(-c4cccc[n+]4C)c(C)ccc23)c2c(c1)C(C)(C)CC2(C)C. The van der Waals surface area contributed by atoms with E-state index in [0.29, 0.717) is 5.56 Å². The Morgan fingerprint density at radius 2 is 1.57 bits per heavy atom. The van der Waals surface area contributed by atoms with Crippen LogP contribution in [0.3, 0.4) is 0 Å². The van der Waals surface area contributed by atoms with Gasteiger partial charge in [-0.2, -0.15) is 5.26 Å². The van der Waals surface area contributed by atoms with Crippen molar-refractivity contribution < 1.29 is 8.98 Å². The van der Waals surface area contributed by atoms with Gasteiger partial charge in [0, 0.05) is 28.5 Å². The molecule has 0 aliphatic heterocycles. The fourth-order valence-corrected chi connectivity index (χ4v) is 7.00. The van der Waals surface area contributed by atoms with Gasteiger partial charge in [0.1, 0.15) is 18.2 Å². The van der Waals surface area contributed by atoms with E-state index in [2.05, 4.69) is 108 Å².